The van der Waals surface area contributed by atoms with Gasteiger partial charge in [0.2, 0.25) is 0 Å². The Hall–Kier alpha value is -0.390. The van der Waals surface area contributed by atoms with Gasteiger partial charge in [-0.25, -0.2) is 0 Å². The summed E-state index contributed by atoms with van der Waals surface area (Å²) in [7, 11) is -4.11. The third kappa shape index (κ3) is 4.77. The summed E-state index contributed by atoms with van der Waals surface area (Å²) in [6.45, 7) is 3.74. The molecular formula is C11H16ClNO2S2. The number of sulfonamides is 1. The maximum absolute atomic E-state index is 11.9. The van der Waals surface area contributed by atoms with Crippen LogP contribution in [0.5, 0.6) is 0 Å². The molecule has 0 aliphatic heterocycles. The van der Waals surface area contributed by atoms with Crippen LogP contribution in [-0.2, 0) is 20.7 Å². The van der Waals surface area contributed by atoms with Crippen LogP contribution >= 0.6 is 11.6 Å². The number of nitrogens with zero attached hydrogens (tertiary/aromatic N) is 1. The fraction of sp³-hybridized carbons (Fsp3) is 0.455. The SMILES string of the molecule is Cc1ccc(S(=O)(=O)N=[S@@](C)C[C@@H](C)Cl)cc1. The van der Waals surface area contributed by atoms with Crippen molar-refractivity contribution in [3.63, 3.8) is 0 Å². The number of benzene rings is 1. The van der Waals surface area contributed by atoms with Crippen LogP contribution in [0.15, 0.2) is 32.9 Å². The number of aryl methyl sites for hydroxylation is 1. The fourth-order valence-electron chi connectivity index (χ4n) is 1.28. The van der Waals surface area contributed by atoms with Crippen molar-refractivity contribution in [2.45, 2.75) is 24.1 Å². The molecule has 0 aliphatic rings. The quantitative estimate of drug-likeness (QED) is 0.801. The zero-order valence-corrected chi connectivity index (χ0v) is 12.4. The van der Waals surface area contributed by atoms with Crippen molar-refractivity contribution < 1.29 is 8.42 Å². The zero-order valence-electron chi connectivity index (χ0n) is 10.1. The summed E-state index contributed by atoms with van der Waals surface area (Å²) in [6, 6.07) is 6.69. The Labute approximate surface area is 110 Å². The van der Waals surface area contributed by atoms with E-state index in [1.807, 2.05) is 13.8 Å². The third-order valence-corrected chi connectivity index (χ3v) is 6.01. The van der Waals surface area contributed by atoms with Crippen molar-refractivity contribution in [3.05, 3.63) is 29.8 Å². The summed E-state index contributed by atoms with van der Waals surface area (Å²) in [5.41, 5.74) is 1.02. The first-order chi connectivity index (χ1) is 7.81. The van der Waals surface area contributed by atoms with Crippen molar-refractivity contribution in [2.24, 2.45) is 3.77 Å². The number of halogens is 1. The molecule has 6 heteroatoms. The largest absolute Gasteiger partial charge is 0.287 e. The Morgan fingerprint density at radius 2 is 1.88 bits per heavy atom. The van der Waals surface area contributed by atoms with E-state index in [9.17, 15) is 8.42 Å². The van der Waals surface area contributed by atoms with Gasteiger partial charge in [0.25, 0.3) is 10.0 Å². The summed E-state index contributed by atoms with van der Waals surface area (Å²) in [5, 5.41) is -0.0692. The third-order valence-electron chi connectivity index (χ3n) is 2.02. The molecule has 0 fully saturated rings. The number of rotatable bonds is 4. The maximum atomic E-state index is 11.9. The first-order valence-electron chi connectivity index (χ1n) is 5.12. The van der Waals surface area contributed by atoms with Gasteiger partial charge in [0.05, 0.1) is 4.90 Å². The van der Waals surface area contributed by atoms with E-state index in [0.717, 1.165) is 5.56 Å². The number of alkyl halides is 1. The molecule has 0 saturated carbocycles. The molecule has 0 saturated heterocycles. The highest BCUT2D eigenvalue weighted by molar-refractivity contribution is 7.99. The highest BCUT2D eigenvalue weighted by Gasteiger charge is 2.12. The molecule has 1 aromatic rings. The Bertz CT molecular complexity index is 507. The Morgan fingerprint density at radius 1 is 1.35 bits per heavy atom. The number of hydrogen-bond donors (Lipinski definition) is 0. The van der Waals surface area contributed by atoms with E-state index in [1.165, 1.54) is 0 Å². The van der Waals surface area contributed by atoms with Crippen LogP contribution in [0, 0.1) is 6.92 Å². The van der Waals surface area contributed by atoms with Crippen LogP contribution in [0.25, 0.3) is 0 Å². The average Bonchev–Trinajstić information content (AvgIpc) is 2.15. The van der Waals surface area contributed by atoms with Crippen molar-refractivity contribution in [1.82, 2.24) is 0 Å². The van der Waals surface area contributed by atoms with E-state index < -0.39 is 20.7 Å². The van der Waals surface area contributed by atoms with Crippen LogP contribution < -0.4 is 0 Å². The van der Waals surface area contributed by atoms with Crippen LogP contribution in [0.1, 0.15) is 12.5 Å². The first-order valence-corrected chi connectivity index (χ1v) is 8.76. The summed E-state index contributed by atoms with van der Waals surface area (Å²) in [6.07, 6.45) is 1.78. The fourth-order valence-corrected chi connectivity index (χ4v) is 4.90. The van der Waals surface area contributed by atoms with E-state index in [-0.39, 0.29) is 10.3 Å². The molecule has 0 spiro atoms. The van der Waals surface area contributed by atoms with Gasteiger partial charge in [-0.3, -0.25) is 0 Å². The van der Waals surface area contributed by atoms with Crippen molar-refractivity contribution in [1.29, 1.82) is 0 Å². The molecule has 0 N–H and O–H groups in total. The standard InChI is InChI=1S/C11H16ClNO2S2/c1-9-4-6-11(7-5-9)17(14,15)13-16(3)8-10(2)12/h4-7,10H,8H2,1-3H3/t10-,16+/m1/s1. The predicted octanol–water partition coefficient (Wildman–Crippen LogP) is 2.74. The monoisotopic (exact) mass is 293 g/mol. The Morgan fingerprint density at radius 3 is 2.35 bits per heavy atom. The van der Waals surface area contributed by atoms with Gasteiger partial charge in [0.15, 0.2) is 0 Å². The van der Waals surface area contributed by atoms with E-state index >= 15 is 0 Å². The van der Waals surface area contributed by atoms with Gasteiger partial charge in [-0.2, -0.15) is 8.42 Å². The zero-order chi connectivity index (χ0) is 13.1. The summed E-state index contributed by atoms with van der Waals surface area (Å²) < 4.78 is 27.7. The normalized spacial score (nSPS) is 15.8. The van der Waals surface area contributed by atoms with Gasteiger partial charge in [0.1, 0.15) is 0 Å². The second-order valence-corrected chi connectivity index (χ2v) is 8.21. The van der Waals surface area contributed by atoms with E-state index in [4.69, 9.17) is 11.6 Å². The minimum absolute atomic E-state index is 0.0692. The number of hydrogen-bond acceptors (Lipinski definition) is 2. The minimum atomic E-state index is -3.54. The second-order valence-electron chi connectivity index (χ2n) is 3.91. The topological polar surface area (TPSA) is 46.5 Å². The molecule has 17 heavy (non-hydrogen) atoms. The van der Waals surface area contributed by atoms with Gasteiger partial charge >= 0.3 is 0 Å². The molecule has 96 valence electrons. The highest BCUT2D eigenvalue weighted by atomic mass is 35.5. The van der Waals surface area contributed by atoms with Gasteiger partial charge in [-0.05, 0) is 32.2 Å². The van der Waals surface area contributed by atoms with E-state index in [1.54, 1.807) is 30.5 Å². The molecule has 0 unspecified atom stereocenters. The molecule has 2 atom stereocenters. The second kappa shape index (κ2) is 5.98. The smallest absolute Gasteiger partial charge is 0.199 e. The maximum Gasteiger partial charge on any atom is 0.287 e. The predicted molar refractivity (Wildman–Crippen MR) is 74.3 cm³/mol. The Kier molecular flexibility index (Phi) is 5.16. The lowest BCUT2D eigenvalue weighted by Crippen LogP contribution is -2.08. The molecule has 1 aromatic carbocycles. The van der Waals surface area contributed by atoms with Crippen molar-refractivity contribution in [3.8, 4) is 0 Å². The Balaban J connectivity index is 3.00. The lowest BCUT2D eigenvalue weighted by Gasteiger charge is -2.04. The lowest BCUT2D eigenvalue weighted by atomic mass is 10.2. The highest BCUT2D eigenvalue weighted by Crippen LogP contribution is 2.14. The van der Waals surface area contributed by atoms with Crippen molar-refractivity contribution >= 4 is 32.3 Å². The lowest BCUT2D eigenvalue weighted by molar-refractivity contribution is 0.598. The molecule has 0 amide bonds. The molecule has 0 bridgehead atoms. The summed E-state index contributed by atoms with van der Waals surface area (Å²) in [5.74, 6) is 0.576. The molecule has 0 aliphatic carbocycles. The van der Waals surface area contributed by atoms with E-state index in [0.29, 0.717) is 5.75 Å². The van der Waals surface area contributed by atoms with Gasteiger partial charge in [0, 0.05) is 11.1 Å². The molecule has 1 rings (SSSR count). The van der Waals surface area contributed by atoms with Gasteiger partial charge < -0.3 is 0 Å². The minimum Gasteiger partial charge on any atom is -0.199 e. The molecule has 3 nitrogen and oxygen atoms in total. The van der Waals surface area contributed by atoms with Crippen LogP contribution in [0.3, 0.4) is 0 Å². The first kappa shape index (κ1) is 14.7. The van der Waals surface area contributed by atoms with Gasteiger partial charge in [-0.1, -0.05) is 28.4 Å². The van der Waals surface area contributed by atoms with Crippen LogP contribution in [0.4, 0.5) is 0 Å². The average molecular weight is 294 g/mol. The summed E-state index contributed by atoms with van der Waals surface area (Å²) in [4.78, 5) is 0.240. The molecule has 0 heterocycles. The van der Waals surface area contributed by atoms with E-state index in [2.05, 4.69) is 3.77 Å². The van der Waals surface area contributed by atoms with Crippen molar-refractivity contribution in [2.75, 3.05) is 12.0 Å². The molecular weight excluding hydrogens is 278 g/mol. The molecule has 0 aromatic heterocycles. The molecule has 0 radical (unpaired) electrons. The van der Waals surface area contributed by atoms with Gasteiger partial charge in [-0.15, -0.1) is 15.4 Å². The summed E-state index contributed by atoms with van der Waals surface area (Å²) >= 11 is 5.82. The van der Waals surface area contributed by atoms with Crippen LogP contribution in [0.2, 0.25) is 0 Å². The van der Waals surface area contributed by atoms with Crippen LogP contribution in [-0.4, -0.2) is 25.8 Å².